The molecule has 0 aromatic rings. The lowest BCUT2D eigenvalue weighted by atomic mass is 10.6. The molecule has 0 fully saturated rings. The van der Waals surface area contributed by atoms with Crippen LogP contribution in [0.4, 0.5) is 0 Å². The Morgan fingerprint density at radius 3 is 2.75 bits per heavy atom. The lowest BCUT2D eigenvalue weighted by molar-refractivity contribution is 1.10. The predicted octanol–water partition coefficient (Wildman–Crippen LogP) is -0.294. The van der Waals surface area contributed by atoms with E-state index in [1.807, 2.05) is 0 Å². The van der Waals surface area contributed by atoms with Crippen molar-refractivity contribution < 1.29 is 0 Å². The van der Waals surface area contributed by atoms with E-state index in [9.17, 15) is 0 Å². The molecule has 0 aliphatic carbocycles. The van der Waals surface area contributed by atoms with Gasteiger partial charge in [0, 0.05) is 14.1 Å². The first-order valence-electron chi connectivity index (χ1n) is 2.37. The molecule has 3 nitrogen and oxygen atoms in total. The fourth-order valence-electron chi connectivity index (χ4n) is 0.243. The van der Waals surface area contributed by atoms with Crippen molar-refractivity contribution in [3.05, 3.63) is 12.3 Å². The van der Waals surface area contributed by atoms with Crippen molar-refractivity contribution in [3.63, 3.8) is 0 Å². The summed E-state index contributed by atoms with van der Waals surface area (Å²) in [5.41, 5.74) is 5.28. The van der Waals surface area contributed by atoms with Crippen LogP contribution in [0.5, 0.6) is 0 Å². The molecule has 0 saturated heterocycles. The van der Waals surface area contributed by atoms with Gasteiger partial charge in [-0.3, -0.25) is 4.99 Å². The highest BCUT2D eigenvalue weighted by molar-refractivity contribution is 5.91. The number of nitrogens with one attached hydrogen (secondary N) is 1. The summed E-state index contributed by atoms with van der Waals surface area (Å²) in [5, 5.41) is 2.79. The third-order valence-corrected chi connectivity index (χ3v) is 0.679. The van der Waals surface area contributed by atoms with Gasteiger partial charge in [0.2, 0.25) is 0 Å². The van der Waals surface area contributed by atoms with Gasteiger partial charge in [-0.1, -0.05) is 0 Å². The molecule has 0 atom stereocenters. The lowest BCUT2D eigenvalue weighted by Crippen LogP contribution is -2.08. The Kier molecular flexibility index (Phi) is 3.66. The molecule has 46 valence electrons. The average Bonchev–Trinajstić information content (AvgIpc) is 1.83. The van der Waals surface area contributed by atoms with Gasteiger partial charge in [0.15, 0.2) is 0 Å². The highest BCUT2D eigenvalue weighted by atomic mass is 14.8. The first kappa shape index (κ1) is 7.01. The first-order valence-corrected chi connectivity index (χ1v) is 2.37. The summed E-state index contributed by atoms with van der Waals surface area (Å²) >= 11 is 0. The van der Waals surface area contributed by atoms with E-state index in [1.165, 1.54) is 0 Å². The van der Waals surface area contributed by atoms with Gasteiger partial charge in [-0.25, -0.2) is 0 Å². The Balaban J connectivity index is 3.53. The number of nitrogens with two attached hydrogens (primary N) is 1. The summed E-state index contributed by atoms with van der Waals surface area (Å²) in [5.74, 6) is 0.527. The molecule has 0 amide bonds. The molecule has 0 aliphatic heterocycles. The SMILES string of the molecule is CN=C(N)C=CNC. The molecule has 0 rings (SSSR count). The number of nitrogens with zero attached hydrogens (tertiary/aromatic N) is 1. The molecule has 0 heterocycles. The monoisotopic (exact) mass is 113 g/mol. The molecule has 0 bridgehead atoms. The first-order chi connectivity index (χ1) is 3.81. The molecule has 0 aromatic heterocycles. The Morgan fingerprint density at radius 1 is 1.75 bits per heavy atom. The summed E-state index contributed by atoms with van der Waals surface area (Å²) in [6.07, 6.45) is 3.42. The van der Waals surface area contributed by atoms with E-state index >= 15 is 0 Å². The minimum atomic E-state index is 0.527. The van der Waals surface area contributed by atoms with Crippen LogP contribution in [0.15, 0.2) is 17.3 Å². The second kappa shape index (κ2) is 4.18. The Morgan fingerprint density at radius 2 is 2.38 bits per heavy atom. The normalized spacial score (nSPS) is 12.5. The number of hydrogen-bond acceptors (Lipinski definition) is 2. The van der Waals surface area contributed by atoms with Crippen LogP contribution in [0.2, 0.25) is 0 Å². The lowest BCUT2D eigenvalue weighted by Gasteiger charge is -1.86. The molecule has 0 aromatic carbocycles. The zero-order valence-electron chi connectivity index (χ0n) is 5.18. The minimum Gasteiger partial charge on any atom is -0.394 e. The molecule has 0 spiro atoms. The fraction of sp³-hybridized carbons (Fsp3) is 0.400. The largest absolute Gasteiger partial charge is 0.394 e. The van der Waals surface area contributed by atoms with Gasteiger partial charge in [-0.2, -0.15) is 0 Å². The number of aliphatic imine (C=N–C) groups is 1. The predicted molar refractivity (Wildman–Crippen MR) is 35.7 cm³/mol. The van der Waals surface area contributed by atoms with Crippen molar-refractivity contribution >= 4 is 5.84 Å². The van der Waals surface area contributed by atoms with Crippen LogP contribution in [0, 0.1) is 0 Å². The van der Waals surface area contributed by atoms with E-state index in [1.54, 1.807) is 26.4 Å². The van der Waals surface area contributed by atoms with E-state index in [2.05, 4.69) is 10.3 Å². The quantitative estimate of drug-likeness (QED) is 0.382. The summed E-state index contributed by atoms with van der Waals surface area (Å²) in [6, 6.07) is 0. The van der Waals surface area contributed by atoms with E-state index in [-0.39, 0.29) is 0 Å². The number of hydrogen-bond donors (Lipinski definition) is 2. The van der Waals surface area contributed by atoms with Gasteiger partial charge in [-0.05, 0) is 12.3 Å². The molecule has 0 aliphatic rings. The molecule has 0 radical (unpaired) electrons. The van der Waals surface area contributed by atoms with Gasteiger partial charge >= 0.3 is 0 Å². The third kappa shape index (κ3) is 3.21. The zero-order chi connectivity index (χ0) is 6.41. The van der Waals surface area contributed by atoms with Crippen LogP contribution in [-0.4, -0.2) is 19.9 Å². The van der Waals surface area contributed by atoms with E-state index in [0.717, 1.165) is 0 Å². The molecule has 0 saturated carbocycles. The van der Waals surface area contributed by atoms with Crippen molar-refractivity contribution in [1.29, 1.82) is 0 Å². The standard InChI is InChI=1S/C5H11N3/c1-7-4-3-5(6)8-2/h3-4,7H,1-2H3,(H2,6,8). The average molecular weight is 113 g/mol. The van der Waals surface area contributed by atoms with Gasteiger partial charge in [0.05, 0.1) is 0 Å². The Bertz CT molecular complexity index is 104. The molecular weight excluding hydrogens is 102 g/mol. The topological polar surface area (TPSA) is 50.4 Å². The van der Waals surface area contributed by atoms with Crippen LogP contribution < -0.4 is 11.1 Å². The van der Waals surface area contributed by atoms with Crippen molar-refractivity contribution in [3.8, 4) is 0 Å². The zero-order valence-corrected chi connectivity index (χ0v) is 5.18. The molecule has 3 N–H and O–H groups in total. The highest BCUT2D eigenvalue weighted by Crippen LogP contribution is 1.66. The Labute approximate surface area is 49.3 Å². The number of rotatable bonds is 2. The Hall–Kier alpha value is -0.990. The van der Waals surface area contributed by atoms with Crippen molar-refractivity contribution in [1.82, 2.24) is 5.32 Å². The maximum absolute atomic E-state index is 5.28. The van der Waals surface area contributed by atoms with Crippen LogP contribution in [-0.2, 0) is 0 Å². The second-order valence-corrected chi connectivity index (χ2v) is 1.27. The molecule has 8 heavy (non-hydrogen) atoms. The minimum absolute atomic E-state index is 0.527. The maximum Gasteiger partial charge on any atom is 0.119 e. The summed E-state index contributed by atoms with van der Waals surface area (Å²) < 4.78 is 0. The third-order valence-electron chi connectivity index (χ3n) is 0.679. The second-order valence-electron chi connectivity index (χ2n) is 1.27. The van der Waals surface area contributed by atoms with E-state index in [4.69, 9.17) is 5.73 Å². The van der Waals surface area contributed by atoms with Gasteiger partial charge < -0.3 is 11.1 Å². The van der Waals surface area contributed by atoms with Crippen molar-refractivity contribution in [2.24, 2.45) is 10.7 Å². The van der Waals surface area contributed by atoms with E-state index < -0.39 is 0 Å². The molecule has 0 unspecified atom stereocenters. The van der Waals surface area contributed by atoms with Crippen LogP contribution in [0.1, 0.15) is 0 Å². The van der Waals surface area contributed by atoms with Crippen LogP contribution >= 0.6 is 0 Å². The maximum atomic E-state index is 5.28. The smallest absolute Gasteiger partial charge is 0.119 e. The summed E-state index contributed by atoms with van der Waals surface area (Å²) in [4.78, 5) is 3.69. The van der Waals surface area contributed by atoms with Crippen LogP contribution in [0.25, 0.3) is 0 Å². The highest BCUT2D eigenvalue weighted by Gasteiger charge is 1.73. The van der Waals surface area contributed by atoms with Gasteiger partial charge in [-0.15, -0.1) is 0 Å². The van der Waals surface area contributed by atoms with E-state index in [0.29, 0.717) is 5.84 Å². The summed E-state index contributed by atoms with van der Waals surface area (Å²) in [7, 11) is 3.45. The van der Waals surface area contributed by atoms with Crippen molar-refractivity contribution in [2.75, 3.05) is 14.1 Å². The number of amidine groups is 1. The van der Waals surface area contributed by atoms with Gasteiger partial charge in [0.1, 0.15) is 5.84 Å². The summed E-state index contributed by atoms with van der Waals surface area (Å²) in [6.45, 7) is 0. The van der Waals surface area contributed by atoms with Crippen LogP contribution in [0.3, 0.4) is 0 Å². The molecule has 3 heteroatoms. The van der Waals surface area contributed by atoms with Crippen molar-refractivity contribution in [2.45, 2.75) is 0 Å². The molecular formula is C5H11N3. The fourth-order valence-corrected chi connectivity index (χ4v) is 0.243. The van der Waals surface area contributed by atoms with Gasteiger partial charge in [0.25, 0.3) is 0 Å².